The average molecular weight is 468 g/mol. The number of primary amides is 1. The second-order valence-electron chi connectivity index (χ2n) is 7.69. The molecule has 0 radical (unpaired) electrons. The van der Waals surface area contributed by atoms with E-state index in [1.54, 1.807) is 30.9 Å². The van der Waals surface area contributed by atoms with Crippen molar-refractivity contribution in [3.63, 3.8) is 0 Å². The number of imidazole rings is 1. The van der Waals surface area contributed by atoms with Gasteiger partial charge in [0.05, 0.1) is 36.1 Å². The van der Waals surface area contributed by atoms with E-state index >= 15 is 0 Å². The van der Waals surface area contributed by atoms with Gasteiger partial charge in [-0.2, -0.15) is 0 Å². The van der Waals surface area contributed by atoms with Crippen LogP contribution in [-0.2, 0) is 16.1 Å². The number of halogens is 1. The van der Waals surface area contributed by atoms with Crippen LogP contribution in [-0.4, -0.2) is 62.7 Å². The highest BCUT2D eigenvalue weighted by molar-refractivity contribution is 7.18. The number of nitrogens with zero attached hydrogens (tertiary/aromatic N) is 5. The molecule has 1 amide bonds. The van der Waals surface area contributed by atoms with Crippen LogP contribution in [0, 0.1) is 5.82 Å². The fourth-order valence-electron chi connectivity index (χ4n) is 3.80. The summed E-state index contributed by atoms with van der Waals surface area (Å²) in [5.74, 6) is 0.00414. The van der Waals surface area contributed by atoms with Gasteiger partial charge in [-0.3, -0.25) is 9.69 Å². The van der Waals surface area contributed by atoms with Crippen molar-refractivity contribution in [2.45, 2.75) is 12.6 Å². The summed E-state index contributed by atoms with van der Waals surface area (Å²) < 4.78 is 20.6. The molecule has 0 bridgehead atoms. The van der Waals surface area contributed by atoms with Crippen LogP contribution in [0.4, 0.5) is 15.3 Å². The summed E-state index contributed by atoms with van der Waals surface area (Å²) in [5, 5.41) is 3.92. The minimum Gasteiger partial charge on any atom is -0.378 e. The Balaban J connectivity index is 1.30. The molecule has 170 valence electrons. The van der Waals surface area contributed by atoms with E-state index in [9.17, 15) is 9.18 Å². The zero-order valence-corrected chi connectivity index (χ0v) is 18.5. The van der Waals surface area contributed by atoms with E-state index in [2.05, 4.69) is 20.3 Å². The molecule has 5 rings (SSSR count). The predicted molar refractivity (Wildman–Crippen MR) is 124 cm³/mol. The number of morpholine rings is 1. The number of nitrogens with two attached hydrogens (primary N) is 1. The van der Waals surface area contributed by atoms with Crippen molar-refractivity contribution < 1.29 is 13.9 Å². The molecule has 9 nitrogen and oxygen atoms in total. The van der Waals surface area contributed by atoms with Crippen LogP contribution in [0.25, 0.3) is 21.5 Å². The molecule has 1 atom stereocenters. The lowest BCUT2D eigenvalue weighted by atomic mass is 10.2. The molecular weight excluding hydrogens is 445 g/mol. The molecule has 0 spiro atoms. The minimum atomic E-state index is -0.410. The SMILES string of the molecule is NC(=O)[C@@H]1COCCN1CCn1cnc2cnc(Nc3ncc(-c4ccc(F)cc4)s3)cc21. The minimum absolute atomic E-state index is 0.269. The lowest BCUT2D eigenvalue weighted by Gasteiger charge is -2.33. The quantitative estimate of drug-likeness (QED) is 0.430. The maximum atomic E-state index is 13.2. The van der Waals surface area contributed by atoms with E-state index in [4.69, 9.17) is 10.5 Å². The van der Waals surface area contributed by atoms with Gasteiger partial charge in [0.2, 0.25) is 5.91 Å². The van der Waals surface area contributed by atoms with E-state index in [0.29, 0.717) is 43.8 Å². The van der Waals surface area contributed by atoms with Crippen molar-refractivity contribution in [2.75, 3.05) is 31.6 Å². The molecule has 1 aliphatic heterocycles. The number of rotatable bonds is 7. The van der Waals surface area contributed by atoms with E-state index in [-0.39, 0.29) is 11.7 Å². The molecule has 1 saturated heterocycles. The molecule has 3 N–H and O–H groups in total. The van der Waals surface area contributed by atoms with Gasteiger partial charge in [-0.05, 0) is 17.7 Å². The highest BCUT2D eigenvalue weighted by Crippen LogP contribution is 2.30. The lowest BCUT2D eigenvalue weighted by molar-refractivity contribution is -0.129. The number of thiazole rings is 1. The number of nitrogens with one attached hydrogen (secondary N) is 1. The van der Waals surface area contributed by atoms with Gasteiger partial charge in [0.25, 0.3) is 0 Å². The Morgan fingerprint density at radius 1 is 1.21 bits per heavy atom. The number of pyridine rings is 1. The molecule has 3 aromatic heterocycles. The normalized spacial score (nSPS) is 16.8. The largest absolute Gasteiger partial charge is 0.378 e. The standard InChI is InChI=1S/C22H22FN7O2S/c23-15-3-1-14(2-4-15)19-11-26-22(33-19)28-20-9-17-16(10-25-20)27-13-30(17)6-5-29-7-8-32-12-18(29)21(24)31/h1-4,9-11,13,18H,5-8,12H2,(H2,24,31)(H,25,26,28)/t18-/m0/s1. The van der Waals surface area contributed by atoms with Gasteiger partial charge >= 0.3 is 0 Å². The zero-order valence-electron chi connectivity index (χ0n) is 17.6. The van der Waals surface area contributed by atoms with Crippen LogP contribution in [0.3, 0.4) is 0 Å². The molecule has 0 aliphatic carbocycles. The number of anilines is 2. The zero-order chi connectivity index (χ0) is 22.8. The highest BCUT2D eigenvalue weighted by atomic mass is 32.1. The van der Waals surface area contributed by atoms with Gasteiger partial charge in [0.15, 0.2) is 5.13 Å². The predicted octanol–water partition coefficient (Wildman–Crippen LogP) is 2.62. The first-order chi connectivity index (χ1) is 16.1. The molecule has 11 heteroatoms. The summed E-state index contributed by atoms with van der Waals surface area (Å²) in [4.78, 5) is 28.0. The number of ether oxygens (including phenoxy) is 1. The van der Waals surface area contributed by atoms with E-state index in [1.165, 1.54) is 23.5 Å². The Kier molecular flexibility index (Phi) is 5.99. The maximum Gasteiger partial charge on any atom is 0.237 e. The fraction of sp³-hybridized carbons (Fsp3) is 0.273. The first-order valence-corrected chi connectivity index (χ1v) is 11.3. The van der Waals surface area contributed by atoms with Crippen LogP contribution in [0.5, 0.6) is 0 Å². The Hall–Kier alpha value is -3.41. The summed E-state index contributed by atoms with van der Waals surface area (Å²) in [6, 6.07) is 7.83. The highest BCUT2D eigenvalue weighted by Gasteiger charge is 2.27. The average Bonchev–Trinajstić information content (AvgIpc) is 3.45. The van der Waals surface area contributed by atoms with Crippen molar-refractivity contribution in [1.29, 1.82) is 0 Å². The second kappa shape index (κ2) is 9.22. The summed E-state index contributed by atoms with van der Waals surface area (Å²) in [5.41, 5.74) is 8.12. The van der Waals surface area contributed by atoms with Crippen LogP contribution in [0.15, 0.2) is 49.1 Å². The number of aromatic nitrogens is 4. The number of hydrogen-bond donors (Lipinski definition) is 2. The molecule has 4 aromatic rings. The molecule has 0 unspecified atom stereocenters. The monoisotopic (exact) mass is 467 g/mol. The van der Waals surface area contributed by atoms with Gasteiger partial charge in [-0.25, -0.2) is 19.3 Å². The van der Waals surface area contributed by atoms with E-state index < -0.39 is 6.04 Å². The Labute approximate surface area is 193 Å². The Bertz CT molecular complexity index is 1270. The summed E-state index contributed by atoms with van der Waals surface area (Å²) in [7, 11) is 0. The van der Waals surface area contributed by atoms with Crippen LogP contribution in [0.2, 0.25) is 0 Å². The smallest absolute Gasteiger partial charge is 0.237 e. The van der Waals surface area contributed by atoms with E-state index in [0.717, 1.165) is 21.5 Å². The maximum absolute atomic E-state index is 13.2. The summed E-state index contributed by atoms with van der Waals surface area (Å²) in [6.07, 6.45) is 5.23. The summed E-state index contributed by atoms with van der Waals surface area (Å²) >= 11 is 1.46. The molecule has 1 aliphatic rings. The Morgan fingerprint density at radius 2 is 2.06 bits per heavy atom. The summed E-state index contributed by atoms with van der Waals surface area (Å²) in [6.45, 7) is 2.87. The number of hydrogen-bond acceptors (Lipinski definition) is 8. The van der Waals surface area contributed by atoms with E-state index in [1.807, 2.05) is 15.5 Å². The van der Waals surface area contributed by atoms with Gasteiger partial charge in [0.1, 0.15) is 23.2 Å². The number of carbonyl (C=O) groups excluding carboxylic acids is 1. The molecule has 0 saturated carbocycles. The molecule has 4 heterocycles. The van der Waals surface area contributed by atoms with Crippen molar-refractivity contribution in [2.24, 2.45) is 5.73 Å². The molecule has 1 fully saturated rings. The molecular formula is C22H22FN7O2S. The topological polar surface area (TPSA) is 111 Å². The van der Waals surface area contributed by atoms with Crippen molar-refractivity contribution in [3.8, 4) is 10.4 Å². The molecule has 1 aromatic carbocycles. The lowest BCUT2D eigenvalue weighted by Crippen LogP contribution is -2.53. The third kappa shape index (κ3) is 4.70. The van der Waals surface area contributed by atoms with Crippen LogP contribution < -0.4 is 11.1 Å². The first kappa shape index (κ1) is 21.4. The number of carbonyl (C=O) groups is 1. The van der Waals surface area contributed by atoms with Gasteiger partial charge < -0.3 is 20.4 Å². The second-order valence-corrected chi connectivity index (χ2v) is 8.72. The number of fused-ring (bicyclic) bond motifs is 1. The Morgan fingerprint density at radius 3 is 2.88 bits per heavy atom. The van der Waals surface area contributed by atoms with Crippen molar-refractivity contribution in [1.82, 2.24) is 24.4 Å². The van der Waals surface area contributed by atoms with Crippen LogP contribution in [0.1, 0.15) is 0 Å². The third-order valence-corrected chi connectivity index (χ3v) is 6.53. The third-order valence-electron chi connectivity index (χ3n) is 5.57. The van der Waals surface area contributed by atoms with Crippen molar-refractivity contribution in [3.05, 3.63) is 54.9 Å². The number of benzene rings is 1. The van der Waals surface area contributed by atoms with Gasteiger partial charge in [-0.15, -0.1) is 0 Å². The van der Waals surface area contributed by atoms with Crippen LogP contribution >= 0.6 is 11.3 Å². The van der Waals surface area contributed by atoms with Crippen molar-refractivity contribution >= 4 is 39.2 Å². The fourth-order valence-corrected chi connectivity index (χ4v) is 4.63. The molecule has 33 heavy (non-hydrogen) atoms. The van der Waals surface area contributed by atoms with Gasteiger partial charge in [-0.1, -0.05) is 23.5 Å². The van der Waals surface area contributed by atoms with Gasteiger partial charge in [0, 0.05) is 31.9 Å². The first-order valence-electron chi connectivity index (χ1n) is 10.5. The number of amides is 1.